The number of amides is 1. The molecule has 0 aliphatic rings. The minimum atomic E-state index is -0.129. The van der Waals surface area contributed by atoms with Gasteiger partial charge >= 0.3 is 0 Å². The number of benzene rings is 3. The molecule has 4 heteroatoms. The summed E-state index contributed by atoms with van der Waals surface area (Å²) in [5.74, 6) is -0.129. The second-order valence-electron chi connectivity index (χ2n) is 7.24. The number of nitrogens with one attached hydrogen (secondary N) is 1. The van der Waals surface area contributed by atoms with Crippen LogP contribution in [0.2, 0.25) is 0 Å². The number of hydrogen-bond donors (Lipinski definition) is 1. The molecule has 4 nitrogen and oxygen atoms in total. The quantitative estimate of drug-likeness (QED) is 0.506. The van der Waals surface area contributed by atoms with Gasteiger partial charge in [0.2, 0.25) is 0 Å². The third kappa shape index (κ3) is 3.69. The van der Waals surface area contributed by atoms with Crippen molar-refractivity contribution >= 4 is 28.2 Å². The monoisotopic (exact) mass is 381 g/mol. The minimum Gasteiger partial charge on any atom is -0.378 e. The topological polar surface area (TPSA) is 45.2 Å². The molecule has 0 bridgehead atoms. The van der Waals surface area contributed by atoms with Crippen LogP contribution in [0.15, 0.2) is 78.9 Å². The van der Waals surface area contributed by atoms with Crippen molar-refractivity contribution < 1.29 is 4.79 Å². The standard InChI is InChI=1S/C25H23N3O/c1-17-23(25(29)26-19-13-15-20(16-14-19)28(2)3)21-11-7-8-12-22(21)27-24(17)18-9-5-4-6-10-18/h4-16H,1-3H3,(H,26,29). The van der Waals surface area contributed by atoms with Crippen LogP contribution in [0.5, 0.6) is 0 Å². The minimum absolute atomic E-state index is 0.129. The maximum Gasteiger partial charge on any atom is 0.256 e. The molecule has 1 amide bonds. The molecule has 1 heterocycles. The molecule has 0 atom stereocenters. The van der Waals surface area contributed by atoms with Gasteiger partial charge in [-0.1, -0.05) is 48.5 Å². The second-order valence-corrected chi connectivity index (χ2v) is 7.24. The molecule has 0 aliphatic carbocycles. The highest BCUT2D eigenvalue weighted by molar-refractivity contribution is 6.14. The van der Waals surface area contributed by atoms with Crippen LogP contribution in [0.1, 0.15) is 15.9 Å². The Morgan fingerprint density at radius 2 is 1.52 bits per heavy atom. The van der Waals surface area contributed by atoms with Crippen molar-refractivity contribution in [1.82, 2.24) is 4.98 Å². The lowest BCUT2D eigenvalue weighted by Crippen LogP contribution is -2.15. The largest absolute Gasteiger partial charge is 0.378 e. The van der Waals surface area contributed by atoms with Crippen molar-refractivity contribution in [2.75, 3.05) is 24.3 Å². The summed E-state index contributed by atoms with van der Waals surface area (Å²) in [4.78, 5) is 20.2. The fraction of sp³-hybridized carbons (Fsp3) is 0.120. The van der Waals surface area contributed by atoms with Crippen molar-refractivity contribution in [3.05, 3.63) is 90.0 Å². The molecule has 29 heavy (non-hydrogen) atoms. The molecule has 0 saturated carbocycles. The van der Waals surface area contributed by atoms with Crippen LogP contribution in [-0.2, 0) is 0 Å². The van der Waals surface area contributed by atoms with Gasteiger partial charge in [-0.25, -0.2) is 4.98 Å². The summed E-state index contributed by atoms with van der Waals surface area (Å²) in [7, 11) is 3.98. The highest BCUT2D eigenvalue weighted by atomic mass is 16.1. The van der Waals surface area contributed by atoms with E-state index in [2.05, 4.69) is 5.32 Å². The zero-order chi connectivity index (χ0) is 20.4. The Hall–Kier alpha value is -3.66. The van der Waals surface area contributed by atoms with Crippen molar-refractivity contribution in [2.24, 2.45) is 0 Å². The second kappa shape index (κ2) is 7.76. The van der Waals surface area contributed by atoms with Gasteiger partial charge in [0.05, 0.1) is 16.8 Å². The molecule has 0 fully saturated rings. The molecule has 0 aliphatic heterocycles. The van der Waals surface area contributed by atoms with Crippen LogP contribution in [0.4, 0.5) is 11.4 Å². The van der Waals surface area contributed by atoms with Gasteiger partial charge < -0.3 is 10.2 Å². The Morgan fingerprint density at radius 1 is 0.862 bits per heavy atom. The zero-order valence-corrected chi connectivity index (χ0v) is 16.8. The van der Waals surface area contributed by atoms with E-state index in [1.165, 1.54) is 0 Å². The average molecular weight is 381 g/mol. The van der Waals surface area contributed by atoms with Crippen LogP contribution in [0.25, 0.3) is 22.2 Å². The van der Waals surface area contributed by atoms with Gasteiger partial charge in [0, 0.05) is 36.4 Å². The first-order valence-corrected chi connectivity index (χ1v) is 9.58. The van der Waals surface area contributed by atoms with Crippen LogP contribution in [0, 0.1) is 6.92 Å². The lowest BCUT2D eigenvalue weighted by atomic mass is 9.97. The summed E-state index contributed by atoms with van der Waals surface area (Å²) in [5, 5.41) is 3.90. The van der Waals surface area contributed by atoms with Crippen LogP contribution in [-0.4, -0.2) is 25.0 Å². The SMILES string of the molecule is Cc1c(-c2ccccc2)nc2ccccc2c1C(=O)Nc1ccc(N(C)C)cc1. The van der Waals surface area contributed by atoms with Gasteiger partial charge in [-0.15, -0.1) is 0 Å². The highest BCUT2D eigenvalue weighted by Gasteiger charge is 2.19. The molecule has 144 valence electrons. The molecule has 0 spiro atoms. The predicted octanol–water partition coefficient (Wildman–Crippen LogP) is 5.53. The van der Waals surface area contributed by atoms with E-state index in [0.717, 1.165) is 39.1 Å². The van der Waals surface area contributed by atoms with Crippen LogP contribution < -0.4 is 10.2 Å². The van der Waals surface area contributed by atoms with E-state index in [4.69, 9.17) is 4.98 Å². The number of aromatic nitrogens is 1. The van der Waals surface area contributed by atoms with Gasteiger partial charge in [-0.05, 0) is 42.8 Å². The third-order valence-electron chi connectivity index (χ3n) is 5.05. The predicted molar refractivity (Wildman–Crippen MR) is 121 cm³/mol. The molecule has 3 aromatic carbocycles. The highest BCUT2D eigenvalue weighted by Crippen LogP contribution is 2.30. The lowest BCUT2D eigenvalue weighted by molar-refractivity contribution is 0.102. The summed E-state index contributed by atoms with van der Waals surface area (Å²) in [5.41, 5.74) is 6.02. The van der Waals surface area contributed by atoms with Gasteiger partial charge in [0.1, 0.15) is 0 Å². The first-order chi connectivity index (χ1) is 14.0. The number of rotatable bonds is 4. The van der Waals surface area contributed by atoms with E-state index in [9.17, 15) is 4.79 Å². The van der Waals surface area contributed by atoms with Gasteiger partial charge in [0.25, 0.3) is 5.91 Å². The number of hydrogen-bond acceptors (Lipinski definition) is 3. The number of anilines is 2. The molecular weight excluding hydrogens is 358 g/mol. The molecule has 4 aromatic rings. The van der Waals surface area contributed by atoms with Gasteiger partial charge in [-0.2, -0.15) is 0 Å². The summed E-state index contributed by atoms with van der Waals surface area (Å²) in [6.45, 7) is 1.96. The van der Waals surface area contributed by atoms with E-state index in [-0.39, 0.29) is 5.91 Å². The first-order valence-electron chi connectivity index (χ1n) is 9.58. The fourth-order valence-corrected chi connectivity index (χ4v) is 3.51. The Balaban J connectivity index is 1.79. The van der Waals surface area contributed by atoms with Gasteiger partial charge in [-0.3, -0.25) is 4.79 Å². The molecule has 1 aromatic heterocycles. The molecular formula is C25H23N3O. The Labute approximate surface area is 170 Å². The van der Waals surface area contributed by atoms with E-state index in [0.29, 0.717) is 5.56 Å². The maximum atomic E-state index is 13.3. The van der Waals surface area contributed by atoms with Crippen LogP contribution in [0.3, 0.4) is 0 Å². The van der Waals surface area contributed by atoms with Crippen molar-refractivity contribution in [1.29, 1.82) is 0 Å². The molecule has 1 N–H and O–H groups in total. The van der Waals surface area contributed by atoms with E-state index in [1.807, 2.05) is 105 Å². The maximum absolute atomic E-state index is 13.3. The fourth-order valence-electron chi connectivity index (χ4n) is 3.51. The Bertz CT molecular complexity index is 1170. The van der Waals surface area contributed by atoms with E-state index >= 15 is 0 Å². The third-order valence-corrected chi connectivity index (χ3v) is 5.05. The number of pyridine rings is 1. The number of carbonyl (C=O) groups excluding carboxylic acids is 1. The van der Waals surface area contributed by atoms with E-state index < -0.39 is 0 Å². The number of para-hydroxylation sites is 1. The lowest BCUT2D eigenvalue weighted by Gasteiger charge is -2.16. The summed E-state index contributed by atoms with van der Waals surface area (Å²) >= 11 is 0. The smallest absolute Gasteiger partial charge is 0.256 e. The summed E-state index contributed by atoms with van der Waals surface area (Å²) in [6, 6.07) is 25.6. The molecule has 0 unspecified atom stereocenters. The normalized spacial score (nSPS) is 10.7. The van der Waals surface area contributed by atoms with Gasteiger partial charge in [0.15, 0.2) is 0 Å². The Morgan fingerprint density at radius 3 is 2.21 bits per heavy atom. The average Bonchev–Trinajstić information content (AvgIpc) is 2.74. The summed E-state index contributed by atoms with van der Waals surface area (Å²) in [6.07, 6.45) is 0. The Kier molecular flexibility index (Phi) is 5.00. The number of nitrogens with zero attached hydrogens (tertiary/aromatic N) is 2. The van der Waals surface area contributed by atoms with Crippen molar-refractivity contribution in [2.45, 2.75) is 6.92 Å². The van der Waals surface area contributed by atoms with Crippen molar-refractivity contribution in [3.8, 4) is 11.3 Å². The first kappa shape index (κ1) is 18.7. The molecule has 0 saturated heterocycles. The summed E-state index contributed by atoms with van der Waals surface area (Å²) < 4.78 is 0. The zero-order valence-electron chi connectivity index (χ0n) is 16.8. The molecule has 0 radical (unpaired) electrons. The molecule has 4 rings (SSSR count). The van der Waals surface area contributed by atoms with Crippen molar-refractivity contribution in [3.63, 3.8) is 0 Å². The number of fused-ring (bicyclic) bond motifs is 1. The number of carbonyl (C=O) groups is 1. The van der Waals surface area contributed by atoms with E-state index in [1.54, 1.807) is 0 Å². The van der Waals surface area contributed by atoms with Crippen LogP contribution >= 0.6 is 0 Å².